The minimum atomic E-state index is -0.309. The number of aromatic nitrogens is 4. The largest absolute Gasteiger partial charge is 0.393 e. The second kappa shape index (κ2) is 5.31. The quantitative estimate of drug-likeness (QED) is 0.769. The van der Waals surface area contributed by atoms with Gasteiger partial charge in [-0.1, -0.05) is 0 Å². The average Bonchev–Trinajstić information content (AvgIpc) is 2.89. The second-order valence-electron chi connectivity index (χ2n) is 6.19. The topological polar surface area (TPSA) is 72.4 Å². The Labute approximate surface area is 133 Å². The second-order valence-corrected chi connectivity index (χ2v) is 6.19. The Kier molecular flexibility index (Phi) is 3.27. The molecule has 0 spiro atoms. The van der Waals surface area contributed by atoms with Gasteiger partial charge in [0.2, 0.25) is 0 Å². The van der Waals surface area contributed by atoms with E-state index in [0.29, 0.717) is 24.3 Å². The first-order chi connectivity index (χ1) is 11.1. The highest BCUT2D eigenvalue weighted by atomic mass is 16.3. The fraction of sp³-hybridized carbons (Fsp3) is 0.353. The fourth-order valence-corrected chi connectivity index (χ4v) is 3.17. The zero-order chi connectivity index (χ0) is 16.0. The molecule has 3 heterocycles. The van der Waals surface area contributed by atoms with Gasteiger partial charge >= 0.3 is 0 Å². The summed E-state index contributed by atoms with van der Waals surface area (Å²) in [6.45, 7) is 2.42. The molecular formula is C17H18N4O2. The van der Waals surface area contributed by atoms with Crippen LogP contribution < -0.4 is 5.56 Å². The van der Waals surface area contributed by atoms with Crippen LogP contribution in [0.2, 0.25) is 0 Å². The number of nitrogens with zero attached hydrogens (tertiary/aromatic N) is 4. The molecule has 23 heavy (non-hydrogen) atoms. The zero-order valence-corrected chi connectivity index (χ0v) is 12.9. The molecule has 6 heteroatoms. The number of aliphatic hydroxyl groups excluding tert-OH is 1. The highest BCUT2D eigenvalue weighted by molar-refractivity contribution is 5.41. The standard InChI is InChI=1S/C17H18N4O2/c1-11-4-5-20-16(6-11)19-13(7-17(20)23)10-21-15-8-14(22)3-2-12(15)9-18-21/h4-7,9,14,22H,2-3,8,10H2,1H3. The van der Waals surface area contributed by atoms with Crippen molar-refractivity contribution in [3.8, 4) is 0 Å². The fourth-order valence-electron chi connectivity index (χ4n) is 3.17. The van der Waals surface area contributed by atoms with Crippen molar-refractivity contribution in [1.82, 2.24) is 19.2 Å². The summed E-state index contributed by atoms with van der Waals surface area (Å²) in [6, 6.07) is 5.34. The third kappa shape index (κ3) is 2.55. The van der Waals surface area contributed by atoms with E-state index in [1.165, 1.54) is 5.56 Å². The van der Waals surface area contributed by atoms with Gasteiger partial charge in [-0.15, -0.1) is 0 Å². The smallest absolute Gasteiger partial charge is 0.258 e. The van der Waals surface area contributed by atoms with E-state index in [1.54, 1.807) is 16.7 Å². The lowest BCUT2D eigenvalue weighted by molar-refractivity contribution is 0.155. The molecule has 1 aliphatic carbocycles. The number of fused-ring (bicyclic) bond motifs is 2. The number of hydrogen-bond donors (Lipinski definition) is 1. The third-order valence-corrected chi connectivity index (χ3v) is 4.40. The molecule has 0 aliphatic heterocycles. The lowest BCUT2D eigenvalue weighted by Crippen LogP contribution is -2.22. The van der Waals surface area contributed by atoms with Gasteiger partial charge in [-0.3, -0.25) is 13.9 Å². The molecule has 3 aromatic rings. The van der Waals surface area contributed by atoms with E-state index in [9.17, 15) is 9.90 Å². The number of rotatable bonds is 2. The van der Waals surface area contributed by atoms with Crippen LogP contribution in [-0.4, -0.2) is 30.4 Å². The van der Waals surface area contributed by atoms with Crippen molar-refractivity contribution in [2.75, 3.05) is 0 Å². The summed E-state index contributed by atoms with van der Waals surface area (Å²) in [4.78, 5) is 16.8. The van der Waals surface area contributed by atoms with Gasteiger partial charge in [-0.2, -0.15) is 5.10 Å². The van der Waals surface area contributed by atoms with Gasteiger partial charge in [0.15, 0.2) is 0 Å². The van der Waals surface area contributed by atoms with Crippen LogP contribution in [-0.2, 0) is 19.4 Å². The van der Waals surface area contributed by atoms with Crippen LogP contribution in [0.3, 0.4) is 0 Å². The first-order valence-electron chi connectivity index (χ1n) is 7.81. The summed E-state index contributed by atoms with van der Waals surface area (Å²) >= 11 is 0. The first kappa shape index (κ1) is 14.1. The minimum absolute atomic E-state index is 0.0916. The molecule has 1 unspecified atom stereocenters. The monoisotopic (exact) mass is 310 g/mol. The van der Waals surface area contributed by atoms with Crippen LogP contribution >= 0.6 is 0 Å². The number of aryl methyl sites for hydroxylation is 2. The molecule has 0 fully saturated rings. The van der Waals surface area contributed by atoms with Gasteiger partial charge < -0.3 is 5.11 Å². The van der Waals surface area contributed by atoms with Crippen molar-refractivity contribution in [2.45, 2.75) is 38.8 Å². The maximum atomic E-state index is 12.2. The summed E-state index contributed by atoms with van der Waals surface area (Å²) in [6.07, 6.45) is 5.54. The summed E-state index contributed by atoms with van der Waals surface area (Å²) in [5.41, 5.74) is 4.54. The summed E-state index contributed by atoms with van der Waals surface area (Å²) in [5.74, 6) is 0. The molecule has 0 aromatic carbocycles. The maximum absolute atomic E-state index is 12.2. The van der Waals surface area contributed by atoms with Crippen LogP contribution in [0.4, 0.5) is 0 Å². The van der Waals surface area contributed by atoms with E-state index >= 15 is 0 Å². The van der Waals surface area contributed by atoms with Crippen molar-refractivity contribution in [2.24, 2.45) is 0 Å². The van der Waals surface area contributed by atoms with E-state index in [1.807, 2.05) is 29.9 Å². The molecule has 1 atom stereocenters. The van der Waals surface area contributed by atoms with E-state index in [2.05, 4.69) is 10.1 Å². The molecule has 0 bridgehead atoms. The van der Waals surface area contributed by atoms with Gasteiger partial charge in [0.25, 0.3) is 5.56 Å². The predicted molar refractivity (Wildman–Crippen MR) is 85.6 cm³/mol. The van der Waals surface area contributed by atoms with Gasteiger partial charge in [0.1, 0.15) is 5.65 Å². The van der Waals surface area contributed by atoms with Crippen LogP contribution in [0.25, 0.3) is 5.65 Å². The average molecular weight is 310 g/mol. The highest BCUT2D eigenvalue weighted by Gasteiger charge is 2.21. The van der Waals surface area contributed by atoms with Gasteiger partial charge in [-0.25, -0.2) is 4.98 Å². The number of hydrogen-bond acceptors (Lipinski definition) is 4. The Morgan fingerprint density at radius 3 is 3.13 bits per heavy atom. The predicted octanol–water partition coefficient (Wildman–Crippen LogP) is 1.10. The molecule has 118 valence electrons. The summed E-state index contributed by atoms with van der Waals surface area (Å²) in [5, 5.41) is 14.3. The molecule has 0 amide bonds. The normalized spacial score (nSPS) is 17.4. The Morgan fingerprint density at radius 1 is 1.39 bits per heavy atom. The third-order valence-electron chi connectivity index (χ3n) is 4.40. The number of pyridine rings is 1. The SMILES string of the molecule is Cc1ccn2c(=O)cc(Cn3ncc4c3CC(O)CC4)nc2c1. The lowest BCUT2D eigenvalue weighted by atomic mass is 9.96. The lowest BCUT2D eigenvalue weighted by Gasteiger charge is -2.18. The van der Waals surface area contributed by atoms with Gasteiger partial charge in [0, 0.05) is 24.4 Å². The van der Waals surface area contributed by atoms with Crippen molar-refractivity contribution >= 4 is 5.65 Å². The van der Waals surface area contributed by atoms with E-state index in [4.69, 9.17) is 0 Å². The van der Waals surface area contributed by atoms with Gasteiger partial charge in [0.05, 0.1) is 24.5 Å². The molecule has 0 radical (unpaired) electrons. The molecule has 0 saturated carbocycles. The first-order valence-corrected chi connectivity index (χ1v) is 7.81. The van der Waals surface area contributed by atoms with E-state index in [-0.39, 0.29) is 11.7 Å². The Balaban J connectivity index is 1.74. The van der Waals surface area contributed by atoms with Crippen LogP contribution in [0.1, 0.15) is 28.9 Å². The molecule has 3 aromatic heterocycles. The molecule has 1 aliphatic rings. The van der Waals surface area contributed by atoms with Crippen molar-refractivity contribution < 1.29 is 5.11 Å². The molecule has 6 nitrogen and oxygen atoms in total. The van der Waals surface area contributed by atoms with Crippen molar-refractivity contribution in [1.29, 1.82) is 0 Å². The summed E-state index contributed by atoms with van der Waals surface area (Å²) in [7, 11) is 0. The van der Waals surface area contributed by atoms with E-state index in [0.717, 1.165) is 24.1 Å². The zero-order valence-electron chi connectivity index (χ0n) is 12.9. The van der Waals surface area contributed by atoms with Crippen LogP contribution in [0.15, 0.2) is 35.4 Å². The molecule has 0 saturated heterocycles. The highest BCUT2D eigenvalue weighted by Crippen LogP contribution is 2.21. The molecular weight excluding hydrogens is 292 g/mol. The molecule has 1 N–H and O–H groups in total. The summed E-state index contributed by atoms with van der Waals surface area (Å²) < 4.78 is 3.39. The van der Waals surface area contributed by atoms with E-state index < -0.39 is 0 Å². The maximum Gasteiger partial charge on any atom is 0.258 e. The Morgan fingerprint density at radius 2 is 2.26 bits per heavy atom. The van der Waals surface area contributed by atoms with Crippen molar-refractivity contribution in [3.05, 3.63) is 63.5 Å². The number of aliphatic hydroxyl groups is 1. The molecule has 4 rings (SSSR count). The van der Waals surface area contributed by atoms with Gasteiger partial charge in [-0.05, 0) is 43.0 Å². The Bertz CT molecular complexity index is 941. The minimum Gasteiger partial charge on any atom is -0.393 e. The van der Waals surface area contributed by atoms with Crippen molar-refractivity contribution in [3.63, 3.8) is 0 Å². The van der Waals surface area contributed by atoms with Crippen LogP contribution in [0.5, 0.6) is 0 Å². The van der Waals surface area contributed by atoms with Crippen LogP contribution in [0, 0.1) is 6.92 Å². The Hall–Kier alpha value is -2.47.